The number of hydrogen-bond donors (Lipinski definition) is 1. The van der Waals surface area contributed by atoms with E-state index in [0.717, 1.165) is 31.3 Å². The number of aryl methyl sites for hydroxylation is 1. The van der Waals surface area contributed by atoms with Crippen LogP contribution in [0.4, 0.5) is 5.95 Å². The van der Waals surface area contributed by atoms with Crippen LogP contribution in [0.25, 0.3) is 0 Å². The Hall–Kier alpha value is -1.29. The predicted molar refractivity (Wildman–Crippen MR) is 71.5 cm³/mol. The van der Waals surface area contributed by atoms with Gasteiger partial charge in [-0.15, -0.1) is 6.58 Å². The predicted octanol–water partition coefficient (Wildman–Crippen LogP) is 1.57. The smallest absolute Gasteiger partial charge is 0.206 e. The average Bonchev–Trinajstić information content (AvgIpc) is 2.71. The first-order valence-electron chi connectivity index (χ1n) is 6.31. The maximum Gasteiger partial charge on any atom is 0.206 e. The van der Waals surface area contributed by atoms with Gasteiger partial charge in [0.25, 0.3) is 0 Å². The fraction of sp³-hybridized carbons (Fsp3) is 0.615. The van der Waals surface area contributed by atoms with E-state index in [-0.39, 0.29) is 0 Å². The van der Waals surface area contributed by atoms with Crippen molar-refractivity contribution in [3.63, 3.8) is 0 Å². The minimum atomic E-state index is 0.581. The summed E-state index contributed by atoms with van der Waals surface area (Å²) in [5, 5.41) is 3.36. The van der Waals surface area contributed by atoms with E-state index in [1.54, 1.807) is 0 Å². The first-order valence-corrected chi connectivity index (χ1v) is 6.31. The van der Waals surface area contributed by atoms with E-state index < -0.39 is 0 Å². The topological polar surface area (TPSA) is 33.1 Å². The van der Waals surface area contributed by atoms with Crippen molar-refractivity contribution in [1.82, 2.24) is 14.9 Å². The van der Waals surface area contributed by atoms with Gasteiger partial charge in [0, 0.05) is 31.9 Å². The average molecular weight is 234 g/mol. The van der Waals surface area contributed by atoms with Gasteiger partial charge in [0.05, 0.1) is 5.69 Å². The Labute approximate surface area is 103 Å². The van der Waals surface area contributed by atoms with Crippen LogP contribution in [0.1, 0.15) is 18.5 Å². The quantitative estimate of drug-likeness (QED) is 0.803. The van der Waals surface area contributed by atoms with Crippen molar-refractivity contribution in [2.75, 3.05) is 25.0 Å². The zero-order valence-electron chi connectivity index (χ0n) is 10.8. The van der Waals surface area contributed by atoms with Crippen molar-refractivity contribution >= 4 is 5.95 Å². The Kier molecular flexibility index (Phi) is 3.84. The fourth-order valence-electron chi connectivity index (χ4n) is 2.45. The standard InChI is InChI=1S/C13H22N4/c1-4-7-16-9-11(2)15-13(16)17-8-5-6-12(10-17)14-3/h4,9,12,14H,1,5-8,10H2,2-3H3. The van der Waals surface area contributed by atoms with E-state index in [2.05, 4.69) is 32.5 Å². The summed E-state index contributed by atoms with van der Waals surface area (Å²) in [5.74, 6) is 1.09. The third kappa shape index (κ3) is 2.69. The van der Waals surface area contributed by atoms with Crippen LogP contribution in [0.3, 0.4) is 0 Å². The molecule has 94 valence electrons. The Morgan fingerprint density at radius 2 is 2.47 bits per heavy atom. The number of likely N-dealkylation sites (N-methyl/N-ethyl adjacent to an activating group) is 1. The van der Waals surface area contributed by atoms with Crippen LogP contribution in [0, 0.1) is 6.92 Å². The molecule has 0 aliphatic carbocycles. The van der Waals surface area contributed by atoms with E-state index in [1.165, 1.54) is 12.8 Å². The van der Waals surface area contributed by atoms with Crippen LogP contribution >= 0.6 is 0 Å². The molecule has 1 aliphatic rings. The Morgan fingerprint density at radius 3 is 3.18 bits per heavy atom. The lowest BCUT2D eigenvalue weighted by molar-refractivity contribution is 0.442. The first-order chi connectivity index (χ1) is 8.24. The summed E-state index contributed by atoms with van der Waals surface area (Å²) >= 11 is 0. The van der Waals surface area contributed by atoms with Crippen LogP contribution in [0.5, 0.6) is 0 Å². The number of aromatic nitrogens is 2. The van der Waals surface area contributed by atoms with Crippen molar-refractivity contribution in [3.8, 4) is 0 Å². The summed E-state index contributed by atoms with van der Waals surface area (Å²) in [5.41, 5.74) is 1.08. The largest absolute Gasteiger partial charge is 0.341 e. The monoisotopic (exact) mass is 234 g/mol. The normalized spacial score (nSPS) is 20.6. The highest BCUT2D eigenvalue weighted by Gasteiger charge is 2.21. The molecule has 0 aromatic carbocycles. The molecular weight excluding hydrogens is 212 g/mol. The summed E-state index contributed by atoms with van der Waals surface area (Å²) in [7, 11) is 2.04. The molecule has 2 rings (SSSR count). The number of allylic oxidation sites excluding steroid dienone is 1. The highest BCUT2D eigenvalue weighted by Crippen LogP contribution is 2.19. The summed E-state index contributed by atoms with van der Waals surface area (Å²) in [6.07, 6.45) is 6.50. The van der Waals surface area contributed by atoms with Gasteiger partial charge in [-0.3, -0.25) is 0 Å². The summed E-state index contributed by atoms with van der Waals surface area (Å²) in [6, 6.07) is 0.581. The van der Waals surface area contributed by atoms with Gasteiger partial charge in [0.2, 0.25) is 5.95 Å². The Balaban J connectivity index is 2.17. The zero-order valence-corrected chi connectivity index (χ0v) is 10.8. The number of anilines is 1. The van der Waals surface area contributed by atoms with E-state index >= 15 is 0 Å². The van der Waals surface area contributed by atoms with Crippen molar-refractivity contribution in [3.05, 3.63) is 24.5 Å². The molecule has 1 aromatic rings. The van der Waals surface area contributed by atoms with E-state index in [1.807, 2.05) is 20.0 Å². The molecule has 4 heteroatoms. The second-order valence-electron chi connectivity index (χ2n) is 4.70. The molecule has 0 spiro atoms. The third-order valence-corrected chi connectivity index (χ3v) is 3.31. The molecule has 1 aliphatic heterocycles. The molecule has 1 saturated heterocycles. The lowest BCUT2D eigenvalue weighted by atomic mass is 10.1. The van der Waals surface area contributed by atoms with Gasteiger partial charge in [-0.2, -0.15) is 0 Å². The molecular formula is C13H22N4. The van der Waals surface area contributed by atoms with Gasteiger partial charge in [-0.05, 0) is 26.8 Å². The highest BCUT2D eigenvalue weighted by atomic mass is 15.3. The van der Waals surface area contributed by atoms with Gasteiger partial charge in [-0.25, -0.2) is 4.98 Å². The summed E-state index contributed by atoms with van der Waals surface area (Å²) < 4.78 is 2.18. The lowest BCUT2D eigenvalue weighted by Gasteiger charge is -2.33. The second kappa shape index (κ2) is 5.36. The summed E-state index contributed by atoms with van der Waals surface area (Å²) in [6.45, 7) is 8.83. The number of hydrogen-bond acceptors (Lipinski definition) is 3. The maximum atomic E-state index is 4.63. The Morgan fingerprint density at radius 1 is 1.65 bits per heavy atom. The fourth-order valence-corrected chi connectivity index (χ4v) is 2.45. The lowest BCUT2D eigenvalue weighted by Crippen LogP contribution is -2.45. The first kappa shape index (κ1) is 12.2. The molecule has 0 radical (unpaired) electrons. The molecule has 4 nitrogen and oxygen atoms in total. The van der Waals surface area contributed by atoms with Gasteiger partial charge < -0.3 is 14.8 Å². The molecule has 0 amide bonds. The van der Waals surface area contributed by atoms with Crippen LogP contribution in [0.15, 0.2) is 18.9 Å². The summed E-state index contributed by atoms with van der Waals surface area (Å²) in [4.78, 5) is 7.01. The molecule has 1 aromatic heterocycles. The number of nitrogens with zero attached hydrogens (tertiary/aromatic N) is 3. The highest BCUT2D eigenvalue weighted by molar-refractivity contribution is 5.35. The molecule has 1 N–H and O–H groups in total. The number of rotatable bonds is 4. The zero-order chi connectivity index (χ0) is 12.3. The second-order valence-corrected chi connectivity index (χ2v) is 4.70. The van der Waals surface area contributed by atoms with Crippen molar-refractivity contribution in [2.24, 2.45) is 0 Å². The molecule has 1 atom stereocenters. The minimum absolute atomic E-state index is 0.581. The van der Waals surface area contributed by atoms with Crippen LogP contribution < -0.4 is 10.2 Å². The van der Waals surface area contributed by atoms with Gasteiger partial charge in [0.1, 0.15) is 0 Å². The van der Waals surface area contributed by atoms with Crippen molar-refractivity contribution in [1.29, 1.82) is 0 Å². The van der Waals surface area contributed by atoms with Gasteiger partial charge in [-0.1, -0.05) is 6.08 Å². The molecule has 1 fully saturated rings. The molecule has 0 bridgehead atoms. The van der Waals surface area contributed by atoms with Crippen LogP contribution in [-0.2, 0) is 6.54 Å². The van der Waals surface area contributed by atoms with Crippen LogP contribution in [-0.4, -0.2) is 35.7 Å². The molecule has 1 unspecified atom stereocenters. The van der Waals surface area contributed by atoms with E-state index in [4.69, 9.17) is 0 Å². The number of piperidine rings is 1. The number of imidazole rings is 1. The molecule has 17 heavy (non-hydrogen) atoms. The molecule has 0 saturated carbocycles. The van der Waals surface area contributed by atoms with E-state index in [0.29, 0.717) is 6.04 Å². The van der Waals surface area contributed by atoms with Crippen molar-refractivity contribution in [2.45, 2.75) is 32.4 Å². The van der Waals surface area contributed by atoms with Gasteiger partial charge in [0.15, 0.2) is 0 Å². The Bertz CT molecular complexity index is 383. The van der Waals surface area contributed by atoms with E-state index in [9.17, 15) is 0 Å². The van der Waals surface area contributed by atoms with Gasteiger partial charge >= 0.3 is 0 Å². The SMILES string of the molecule is C=CCn1cc(C)nc1N1CCCC(NC)C1. The minimum Gasteiger partial charge on any atom is -0.341 e. The number of nitrogens with one attached hydrogen (secondary N) is 1. The molecule has 2 heterocycles. The third-order valence-electron chi connectivity index (χ3n) is 3.31. The maximum absolute atomic E-state index is 4.63. The van der Waals surface area contributed by atoms with Crippen LogP contribution in [0.2, 0.25) is 0 Å². The van der Waals surface area contributed by atoms with Crippen molar-refractivity contribution < 1.29 is 0 Å².